The van der Waals surface area contributed by atoms with Crippen molar-refractivity contribution in [3.05, 3.63) is 35.6 Å². The Hall–Kier alpha value is -1.46. The van der Waals surface area contributed by atoms with E-state index in [0.717, 1.165) is 5.56 Å². The molecule has 0 radical (unpaired) electrons. The number of benzene rings is 1. The number of aliphatic carboxylic acids is 1. The van der Waals surface area contributed by atoms with Crippen molar-refractivity contribution in [1.29, 1.82) is 0 Å². The number of halogens is 1. The molecule has 5 heteroatoms. The van der Waals surface area contributed by atoms with E-state index in [1.807, 2.05) is 18.0 Å². The third kappa shape index (κ3) is 3.55. The van der Waals surface area contributed by atoms with Gasteiger partial charge in [-0.2, -0.15) is 0 Å². The first-order valence-corrected chi connectivity index (χ1v) is 6.76. The highest BCUT2D eigenvalue weighted by atomic mass is 19.1. The average Bonchev–Trinajstić information content (AvgIpc) is 2.39. The van der Waals surface area contributed by atoms with E-state index in [4.69, 9.17) is 4.74 Å². The molecule has 20 heavy (non-hydrogen) atoms. The van der Waals surface area contributed by atoms with E-state index in [1.165, 1.54) is 12.1 Å². The zero-order valence-corrected chi connectivity index (χ0v) is 11.6. The Morgan fingerprint density at radius 3 is 2.75 bits per heavy atom. The van der Waals surface area contributed by atoms with Gasteiger partial charge < -0.3 is 14.7 Å². The van der Waals surface area contributed by atoms with Crippen LogP contribution < -0.4 is 0 Å². The molecule has 1 fully saturated rings. The van der Waals surface area contributed by atoms with Crippen molar-refractivity contribution in [3.8, 4) is 0 Å². The van der Waals surface area contributed by atoms with Gasteiger partial charge in [0.05, 0.1) is 5.41 Å². The van der Waals surface area contributed by atoms with Gasteiger partial charge in [0.15, 0.2) is 0 Å². The highest BCUT2D eigenvalue weighted by Crippen LogP contribution is 2.32. The summed E-state index contributed by atoms with van der Waals surface area (Å²) in [4.78, 5) is 13.5. The van der Waals surface area contributed by atoms with E-state index in [-0.39, 0.29) is 5.82 Å². The summed E-state index contributed by atoms with van der Waals surface area (Å²) in [6, 6.07) is 6.39. The molecule has 1 aliphatic heterocycles. The van der Waals surface area contributed by atoms with Crippen LogP contribution in [-0.2, 0) is 16.1 Å². The van der Waals surface area contributed by atoms with E-state index in [9.17, 15) is 14.3 Å². The smallest absolute Gasteiger partial charge is 0.311 e. The largest absolute Gasteiger partial charge is 0.481 e. The monoisotopic (exact) mass is 281 g/mol. The van der Waals surface area contributed by atoms with Crippen molar-refractivity contribution in [3.63, 3.8) is 0 Å². The lowest BCUT2D eigenvalue weighted by atomic mass is 9.80. The van der Waals surface area contributed by atoms with Crippen LogP contribution in [0.25, 0.3) is 0 Å². The highest BCUT2D eigenvalue weighted by Gasteiger charge is 2.40. The van der Waals surface area contributed by atoms with Gasteiger partial charge in [0.1, 0.15) is 5.82 Å². The molecule has 0 aromatic heterocycles. The molecule has 1 aliphatic rings. The maximum absolute atomic E-state index is 13.2. The molecule has 0 unspecified atom stereocenters. The quantitative estimate of drug-likeness (QED) is 0.898. The number of carboxylic acids is 1. The number of carbonyl (C=O) groups is 1. The van der Waals surface area contributed by atoms with Crippen molar-refractivity contribution in [2.45, 2.75) is 19.4 Å². The van der Waals surface area contributed by atoms with Crippen molar-refractivity contribution >= 4 is 5.97 Å². The minimum absolute atomic E-state index is 0.269. The number of hydrogen-bond acceptors (Lipinski definition) is 3. The molecule has 0 bridgehead atoms. The third-order valence-corrected chi connectivity index (χ3v) is 3.82. The minimum atomic E-state index is -0.771. The highest BCUT2D eigenvalue weighted by molar-refractivity contribution is 5.75. The van der Waals surface area contributed by atoms with E-state index < -0.39 is 11.4 Å². The summed E-state index contributed by atoms with van der Waals surface area (Å²) in [7, 11) is 1.87. The van der Waals surface area contributed by atoms with Crippen LogP contribution in [0, 0.1) is 11.2 Å². The minimum Gasteiger partial charge on any atom is -0.481 e. The fourth-order valence-electron chi connectivity index (χ4n) is 2.72. The Labute approximate surface area is 118 Å². The molecule has 0 atom stereocenters. The molecular formula is C15H20FNO3. The SMILES string of the molecule is CN(Cc1cccc(F)c1)CC1(C(=O)O)CCOCC1. The van der Waals surface area contributed by atoms with Gasteiger partial charge in [-0.05, 0) is 37.6 Å². The number of nitrogens with zero attached hydrogens (tertiary/aromatic N) is 1. The van der Waals surface area contributed by atoms with Crippen LogP contribution in [0.15, 0.2) is 24.3 Å². The summed E-state index contributed by atoms with van der Waals surface area (Å²) in [5, 5.41) is 9.51. The van der Waals surface area contributed by atoms with Gasteiger partial charge in [-0.3, -0.25) is 4.79 Å². The molecular weight excluding hydrogens is 261 g/mol. The first kappa shape index (κ1) is 14.9. The molecule has 1 aromatic carbocycles. The van der Waals surface area contributed by atoms with Crippen LogP contribution in [0.2, 0.25) is 0 Å². The van der Waals surface area contributed by atoms with Gasteiger partial charge in [0.25, 0.3) is 0 Å². The molecule has 0 aliphatic carbocycles. The van der Waals surface area contributed by atoms with Crippen molar-refractivity contribution in [2.75, 3.05) is 26.8 Å². The second-order valence-electron chi connectivity index (χ2n) is 5.50. The van der Waals surface area contributed by atoms with Crippen LogP contribution in [0.5, 0.6) is 0 Å². The summed E-state index contributed by atoms with van der Waals surface area (Å²) < 4.78 is 18.4. The second kappa shape index (κ2) is 6.33. The number of carboxylic acid groups (broad SMARTS) is 1. The standard InChI is InChI=1S/C15H20FNO3/c1-17(10-12-3-2-4-13(16)9-12)11-15(14(18)19)5-7-20-8-6-15/h2-4,9H,5-8,10-11H2,1H3,(H,18,19). The Balaban J connectivity index is 2.01. The van der Waals surface area contributed by atoms with Gasteiger partial charge >= 0.3 is 5.97 Å². The molecule has 1 N–H and O–H groups in total. The van der Waals surface area contributed by atoms with Crippen LogP contribution >= 0.6 is 0 Å². The topological polar surface area (TPSA) is 49.8 Å². The molecule has 2 rings (SSSR count). The van der Waals surface area contributed by atoms with Crippen LogP contribution in [0.3, 0.4) is 0 Å². The predicted molar refractivity (Wildman–Crippen MR) is 72.9 cm³/mol. The zero-order valence-electron chi connectivity index (χ0n) is 11.6. The molecule has 4 nitrogen and oxygen atoms in total. The van der Waals surface area contributed by atoms with E-state index in [2.05, 4.69) is 0 Å². The summed E-state index contributed by atoms with van der Waals surface area (Å²) in [5.74, 6) is -1.04. The second-order valence-corrected chi connectivity index (χ2v) is 5.50. The Morgan fingerprint density at radius 2 is 2.15 bits per heavy atom. The van der Waals surface area contributed by atoms with Gasteiger partial charge in [-0.1, -0.05) is 12.1 Å². The van der Waals surface area contributed by atoms with E-state index in [0.29, 0.717) is 39.1 Å². The maximum atomic E-state index is 13.2. The third-order valence-electron chi connectivity index (χ3n) is 3.82. The van der Waals surface area contributed by atoms with E-state index in [1.54, 1.807) is 6.07 Å². The molecule has 1 heterocycles. The summed E-state index contributed by atoms with van der Waals surface area (Å²) in [6.45, 7) is 1.95. The van der Waals surface area contributed by atoms with Crippen molar-refractivity contribution in [1.82, 2.24) is 4.90 Å². The fraction of sp³-hybridized carbons (Fsp3) is 0.533. The lowest BCUT2D eigenvalue weighted by molar-refractivity contribution is -0.156. The first-order chi connectivity index (χ1) is 9.52. The van der Waals surface area contributed by atoms with Crippen LogP contribution in [0.4, 0.5) is 4.39 Å². The fourth-order valence-corrected chi connectivity index (χ4v) is 2.72. The van der Waals surface area contributed by atoms with Gasteiger partial charge in [0.2, 0.25) is 0 Å². The lowest BCUT2D eigenvalue weighted by Crippen LogP contribution is -2.45. The van der Waals surface area contributed by atoms with Crippen molar-refractivity contribution < 1.29 is 19.0 Å². The Bertz CT molecular complexity index is 472. The first-order valence-electron chi connectivity index (χ1n) is 6.76. The summed E-state index contributed by atoms with van der Waals surface area (Å²) >= 11 is 0. The Kier molecular flexibility index (Phi) is 4.73. The van der Waals surface area contributed by atoms with Gasteiger partial charge in [-0.25, -0.2) is 4.39 Å². The molecule has 0 spiro atoms. The number of ether oxygens (including phenoxy) is 1. The lowest BCUT2D eigenvalue weighted by Gasteiger charge is -2.36. The van der Waals surface area contributed by atoms with Crippen LogP contribution in [-0.4, -0.2) is 42.8 Å². The number of rotatable bonds is 5. The molecule has 110 valence electrons. The summed E-state index contributed by atoms with van der Waals surface area (Å²) in [5.41, 5.74) is 0.0976. The predicted octanol–water partition coefficient (Wildman–Crippen LogP) is 2.14. The average molecular weight is 281 g/mol. The summed E-state index contributed by atoms with van der Waals surface area (Å²) in [6.07, 6.45) is 1.05. The normalized spacial score (nSPS) is 18.1. The zero-order chi connectivity index (χ0) is 14.6. The number of hydrogen-bond donors (Lipinski definition) is 1. The molecule has 0 saturated carbocycles. The Morgan fingerprint density at radius 1 is 1.45 bits per heavy atom. The molecule has 1 saturated heterocycles. The van der Waals surface area contributed by atoms with E-state index >= 15 is 0 Å². The van der Waals surface area contributed by atoms with Gasteiger partial charge in [-0.15, -0.1) is 0 Å². The molecule has 1 aromatic rings. The van der Waals surface area contributed by atoms with Gasteiger partial charge in [0, 0.05) is 26.3 Å². The van der Waals surface area contributed by atoms with Crippen molar-refractivity contribution in [2.24, 2.45) is 5.41 Å². The van der Waals surface area contributed by atoms with Crippen LogP contribution in [0.1, 0.15) is 18.4 Å². The maximum Gasteiger partial charge on any atom is 0.311 e. The molecule has 0 amide bonds.